The zero-order valence-corrected chi connectivity index (χ0v) is 17.1. The standard InChI is InChI=1S/C20H19ClN4O2S/c1-3-16-19-24-23-11(2)25(19)20-14(10-12(28-20)8-9-17(26)27)18(22-16)13-6-4-5-7-15(13)21/h4-7,10,16H,3,8-9H2,1-2H3,(H,26,27). The van der Waals surface area contributed by atoms with Crippen LogP contribution < -0.4 is 0 Å². The predicted molar refractivity (Wildman–Crippen MR) is 110 cm³/mol. The third-order valence-electron chi connectivity index (χ3n) is 4.76. The number of thiophene rings is 1. The van der Waals surface area contributed by atoms with Gasteiger partial charge in [-0.15, -0.1) is 21.5 Å². The molecule has 0 fully saturated rings. The van der Waals surface area contributed by atoms with Crippen LogP contribution in [-0.2, 0) is 11.2 Å². The summed E-state index contributed by atoms with van der Waals surface area (Å²) >= 11 is 8.07. The smallest absolute Gasteiger partial charge is 0.303 e. The van der Waals surface area contributed by atoms with Gasteiger partial charge in [-0.2, -0.15) is 0 Å². The SMILES string of the molecule is CCC1N=C(c2ccccc2Cl)c2cc(CCC(=O)O)sc2-n2c(C)nnc21. The Hall–Kier alpha value is -2.51. The van der Waals surface area contributed by atoms with Crippen molar-refractivity contribution in [2.24, 2.45) is 4.99 Å². The van der Waals surface area contributed by atoms with Crippen LogP contribution >= 0.6 is 22.9 Å². The second kappa shape index (κ2) is 7.48. The zero-order valence-electron chi connectivity index (χ0n) is 15.5. The van der Waals surface area contributed by atoms with Crippen molar-refractivity contribution in [3.63, 3.8) is 0 Å². The lowest BCUT2D eigenvalue weighted by Crippen LogP contribution is -2.06. The highest BCUT2D eigenvalue weighted by atomic mass is 35.5. The van der Waals surface area contributed by atoms with E-state index in [4.69, 9.17) is 21.7 Å². The molecular formula is C20H19ClN4O2S. The molecule has 1 aromatic carbocycles. The Bertz CT molecular complexity index is 1090. The van der Waals surface area contributed by atoms with Gasteiger partial charge >= 0.3 is 5.97 Å². The fourth-order valence-electron chi connectivity index (χ4n) is 3.39. The molecule has 0 amide bonds. The van der Waals surface area contributed by atoms with Gasteiger partial charge in [0.2, 0.25) is 0 Å². The van der Waals surface area contributed by atoms with Gasteiger partial charge in [0.15, 0.2) is 5.82 Å². The van der Waals surface area contributed by atoms with Crippen LogP contribution in [0.1, 0.15) is 53.5 Å². The number of benzene rings is 1. The second-order valence-corrected chi connectivity index (χ2v) is 8.17. The summed E-state index contributed by atoms with van der Waals surface area (Å²) in [5.41, 5.74) is 2.62. The first kappa shape index (κ1) is 18.8. The summed E-state index contributed by atoms with van der Waals surface area (Å²) in [6.45, 7) is 3.99. The molecule has 6 nitrogen and oxygen atoms in total. The Morgan fingerprint density at radius 1 is 1.29 bits per heavy atom. The van der Waals surface area contributed by atoms with Gasteiger partial charge in [-0.1, -0.05) is 36.7 Å². The van der Waals surface area contributed by atoms with Crippen LogP contribution in [0.3, 0.4) is 0 Å². The van der Waals surface area contributed by atoms with Gasteiger partial charge in [0.1, 0.15) is 16.9 Å². The van der Waals surface area contributed by atoms with Crippen molar-refractivity contribution in [3.05, 3.63) is 63.0 Å². The Balaban J connectivity index is 1.94. The highest BCUT2D eigenvalue weighted by molar-refractivity contribution is 7.15. The van der Waals surface area contributed by atoms with Gasteiger partial charge in [-0.05, 0) is 31.9 Å². The Labute approximate surface area is 171 Å². The highest BCUT2D eigenvalue weighted by Gasteiger charge is 2.29. The van der Waals surface area contributed by atoms with Crippen LogP contribution in [0.15, 0.2) is 35.3 Å². The van der Waals surface area contributed by atoms with Crippen LogP contribution in [0.5, 0.6) is 0 Å². The van der Waals surface area contributed by atoms with Gasteiger partial charge in [-0.3, -0.25) is 14.4 Å². The number of aryl methyl sites for hydroxylation is 2. The summed E-state index contributed by atoms with van der Waals surface area (Å²) in [6.07, 6.45) is 1.34. The quantitative estimate of drug-likeness (QED) is 0.661. The molecule has 3 aromatic rings. The topological polar surface area (TPSA) is 80.4 Å². The summed E-state index contributed by atoms with van der Waals surface area (Å²) in [7, 11) is 0. The fraction of sp³-hybridized carbons (Fsp3) is 0.300. The molecule has 3 heterocycles. The Morgan fingerprint density at radius 2 is 2.07 bits per heavy atom. The molecule has 4 rings (SSSR count). The van der Waals surface area contributed by atoms with Crippen LogP contribution in [0.25, 0.3) is 5.00 Å². The molecule has 1 aliphatic rings. The zero-order chi connectivity index (χ0) is 19.8. The number of aliphatic carboxylic acids is 1. The van der Waals surface area contributed by atoms with E-state index in [0.717, 1.165) is 44.8 Å². The van der Waals surface area contributed by atoms with Crippen molar-refractivity contribution in [2.45, 2.75) is 39.2 Å². The number of halogens is 1. The number of fused-ring (bicyclic) bond motifs is 3. The lowest BCUT2D eigenvalue weighted by molar-refractivity contribution is -0.136. The molecule has 1 N–H and O–H groups in total. The van der Waals surface area contributed by atoms with E-state index in [1.165, 1.54) is 0 Å². The van der Waals surface area contributed by atoms with Crippen molar-refractivity contribution in [1.82, 2.24) is 14.8 Å². The molecule has 1 aliphatic heterocycles. The second-order valence-electron chi connectivity index (χ2n) is 6.65. The van der Waals surface area contributed by atoms with E-state index in [0.29, 0.717) is 11.4 Å². The summed E-state index contributed by atoms with van der Waals surface area (Å²) in [4.78, 5) is 17.0. The lowest BCUT2D eigenvalue weighted by Gasteiger charge is -2.10. The molecule has 0 spiro atoms. The molecule has 28 heavy (non-hydrogen) atoms. The van der Waals surface area contributed by atoms with Crippen molar-refractivity contribution < 1.29 is 9.90 Å². The summed E-state index contributed by atoms with van der Waals surface area (Å²) in [6, 6.07) is 9.56. The minimum absolute atomic E-state index is 0.0869. The molecule has 1 unspecified atom stereocenters. The molecular weight excluding hydrogens is 396 g/mol. The highest BCUT2D eigenvalue weighted by Crippen LogP contribution is 2.38. The van der Waals surface area contributed by atoms with E-state index in [9.17, 15) is 4.79 Å². The van der Waals surface area contributed by atoms with Gasteiger partial charge < -0.3 is 5.11 Å². The summed E-state index contributed by atoms with van der Waals surface area (Å²) < 4.78 is 2.05. The molecule has 2 aromatic heterocycles. The number of hydrogen-bond acceptors (Lipinski definition) is 5. The summed E-state index contributed by atoms with van der Waals surface area (Å²) in [5, 5.41) is 19.3. The maximum absolute atomic E-state index is 11.0. The molecule has 0 bridgehead atoms. The maximum Gasteiger partial charge on any atom is 0.303 e. The first-order valence-corrected chi connectivity index (χ1v) is 10.3. The predicted octanol–water partition coefficient (Wildman–Crippen LogP) is 4.61. The number of aromatic nitrogens is 3. The average Bonchev–Trinajstić information content (AvgIpc) is 3.22. The van der Waals surface area contributed by atoms with Gasteiger partial charge in [0, 0.05) is 21.0 Å². The molecule has 0 saturated heterocycles. The number of rotatable bonds is 5. The van der Waals surface area contributed by atoms with Gasteiger partial charge in [-0.25, -0.2) is 0 Å². The van der Waals surface area contributed by atoms with Crippen LogP contribution in [0, 0.1) is 6.92 Å². The van der Waals surface area contributed by atoms with Crippen molar-refractivity contribution in [3.8, 4) is 5.00 Å². The largest absolute Gasteiger partial charge is 0.481 e. The first-order valence-electron chi connectivity index (χ1n) is 9.09. The lowest BCUT2D eigenvalue weighted by atomic mass is 10.0. The Morgan fingerprint density at radius 3 is 2.79 bits per heavy atom. The number of hydrogen-bond donors (Lipinski definition) is 1. The fourth-order valence-corrected chi connectivity index (χ4v) is 4.83. The monoisotopic (exact) mass is 414 g/mol. The first-order chi connectivity index (χ1) is 13.5. The number of carbonyl (C=O) groups is 1. The number of aliphatic imine (C=N–C) groups is 1. The number of nitrogens with zero attached hydrogens (tertiary/aromatic N) is 4. The number of carboxylic acid groups (broad SMARTS) is 1. The van der Waals surface area contributed by atoms with E-state index in [2.05, 4.69) is 17.1 Å². The van der Waals surface area contributed by atoms with E-state index in [-0.39, 0.29) is 12.5 Å². The molecule has 144 valence electrons. The van der Waals surface area contributed by atoms with Crippen molar-refractivity contribution in [2.75, 3.05) is 0 Å². The van der Waals surface area contributed by atoms with Crippen LogP contribution in [0.4, 0.5) is 0 Å². The third-order valence-corrected chi connectivity index (χ3v) is 6.27. The maximum atomic E-state index is 11.0. The molecule has 0 radical (unpaired) electrons. The van der Waals surface area contributed by atoms with Crippen LogP contribution in [-0.4, -0.2) is 31.6 Å². The normalized spacial score (nSPS) is 15.5. The number of carboxylic acids is 1. The van der Waals surface area contributed by atoms with Crippen molar-refractivity contribution in [1.29, 1.82) is 0 Å². The van der Waals surface area contributed by atoms with Gasteiger partial charge in [0.25, 0.3) is 0 Å². The van der Waals surface area contributed by atoms with Gasteiger partial charge in [0.05, 0.1) is 12.1 Å². The summed E-state index contributed by atoms with van der Waals surface area (Å²) in [5.74, 6) is 0.780. The van der Waals surface area contributed by atoms with E-state index < -0.39 is 5.97 Å². The molecule has 0 aliphatic carbocycles. The van der Waals surface area contributed by atoms with E-state index in [1.807, 2.05) is 41.8 Å². The van der Waals surface area contributed by atoms with Crippen molar-refractivity contribution >= 4 is 34.6 Å². The molecule has 8 heteroatoms. The Kier molecular flexibility index (Phi) is 5.03. The van der Waals surface area contributed by atoms with Crippen LogP contribution in [0.2, 0.25) is 5.02 Å². The van der Waals surface area contributed by atoms with E-state index >= 15 is 0 Å². The molecule has 0 saturated carbocycles. The van der Waals surface area contributed by atoms with E-state index in [1.54, 1.807) is 11.3 Å². The minimum Gasteiger partial charge on any atom is -0.481 e. The average molecular weight is 415 g/mol. The minimum atomic E-state index is -0.809. The molecule has 1 atom stereocenters. The third kappa shape index (κ3) is 3.25.